The van der Waals surface area contributed by atoms with Gasteiger partial charge in [0, 0.05) is 15.7 Å². The molecule has 0 unspecified atom stereocenters. The van der Waals surface area contributed by atoms with Crippen molar-refractivity contribution in [2.24, 2.45) is 0 Å². The van der Waals surface area contributed by atoms with Crippen molar-refractivity contribution < 1.29 is 4.42 Å². The van der Waals surface area contributed by atoms with Gasteiger partial charge in [-0.25, -0.2) is 4.98 Å². The summed E-state index contributed by atoms with van der Waals surface area (Å²) in [6, 6.07) is 5.88. The van der Waals surface area contributed by atoms with Crippen LogP contribution in [0.3, 0.4) is 0 Å². The van der Waals surface area contributed by atoms with E-state index in [1.54, 1.807) is 0 Å². The number of hydrogen-bond acceptors (Lipinski definition) is 3. The van der Waals surface area contributed by atoms with Gasteiger partial charge in [0.1, 0.15) is 5.69 Å². The number of aromatic nitrogens is 1. The molecule has 0 aliphatic rings. The standard InChI is InChI=1S/C13H14ClIN2O/c1-2-5-16-7-12-13(18-8-17-12)9-3-4-11(15)10(14)6-9/h3-4,6,8,16H,2,5,7H2,1H3. The van der Waals surface area contributed by atoms with Crippen LogP contribution in [0.1, 0.15) is 19.0 Å². The van der Waals surface area contributed by atoms with E-state index >= 15 is 0 Å². The van der Waals surface area contributed by atoms with Crippen LogP contribution in [-0.2, 0) is 6.54 Å². The maximum Gasteiger partial charge on any atom is 0.181 e. The van der Waals surface area contributed by atoms with Crippen molar-refractivity contribution in [3.05, 3.63) is 38.9 Å². The van der Waals surface area contributed by atoms with Gasteiger partial charge in [0.15, 0.2) is 12.2 Å². The van der Waals surface area contributed by atoms with Gasteiger partial charge in [0.2, 0.25) is 0 Å². The summed E-state index contributed by atoms with van der Waals surface area (Å²) in [7, 11) is 0. The van der Waals surface area contributed by atoms with Gasteiger partial charge in [0.05, 0.1) is 5.02 Å². The molecule has 0 amide bonds. The Labute approximate surface area is 125 Å². The summed E-state index contributed by atoms with van der Waals surface area (Å²) in [6.45, 7) is 3.82. The maximum absolute atomic E-state index is 6.12. The lowest BCUT2D eigenvalue weighted by Crippen LogP contribution is -2.14. The second kappa shape index (κ2) is 6.54. The second-order valence-electron chi connectivity index (χ2n) is 3.93. The number of benzene rings is 1. The minimum absolute atomic E-state index is 0.712. The molecule has 0 atom stereocenters. The molecule has 5 heteroatoms. The zero-order valence-corrected chi connectivity index (χ0v) is 13.0. The fourth-order valence-electron chi connectivity index (χ4n) is 1.65. The van der Waals surface area contributed by atoms with Crippen molar-refractivity contribution in [3.8, 4) is 11.3 Å². The van der Waals surface area contributed by atoms with Crippen LogP contribution >= 0.6 is 34.2 Å². The molecule has 0 aliphatic carbocycles. The van der Waals surface area contributed by atoms with Gasteiger partial charge in [-0.2, -0.15) is 0 Å². The van der Waals surface area contributed by atoms with Crippen molar-refractivity contribution in [3.63, 3.8) is 0 Å². The van der Waals surface area contributed by atoms with Crippen LogP contribution in [0.25, 0.3) is 11.3 Å². The van der Waals surface area contributed by atoms with E-state index in [1.165, 1.54) is 6.39 Å². The zero-order chi connectivity index (χ0) is 13.0. The van der Waals surface area contributed by atoms with Crippen molar-refractivity contribution in [1.29, 1.82) is 0 Å². The van der Waals surface area contributed by atoms with Crippen molar-refractivity contribution in [2.75, 3.05) is 6.54 Å². The average molecular weight is 377 g/mol. The highest BCUT2D eigenvalue weighted by molar-refractivity contribution is 14.1. The van der Waals surface area contributed by atoms with Gasteiger partial charge in [-0.1, -0.05) is 24.6 Å². The van der Waals surface area contributed by atoms with E-state index in [4.69, 9.17) is 16.0 Å². The fourth-order valence-corrected chi connectivity index (χ4v) is 2.17. The minimum atomic E-state index is 0.712. The molecule has 0 spiro atoms. The van der Waals surface area contributed by atoms with Crippen LogP contribution in [0.5, 0.6) is 0 Å². The average Bonchev–Trinajstić information content (AvgIpc) is 2.81. The molecule has 0 saturated carbocycles. The molecular weight excluding hydrogens is 363 g/mol. The van der Waals surface area contributed by atoms with Gasteiger partial charge in [0.25, 0.3) is 0 Å². The van der Waals surface area contributed by atoms with E-state index in [-0.39, 0.29) is 0 Å². The molecule has 0 saturated heterocycles. The molecule has 3 nitrogen and oxygen atoms in total. The molecule has 96 valence electrons. The van der Waals surface area contributed by atoms with Crippen LogP contribution in [-0.4, -0.2) is 11.5 Å². The largest absolute Gasteiger partial charge is 0.443 e. The summed E-state index contributed by atoms with van der Waals surface area (Å²) in [4.78, 5) is 4.24. The van der Waals surface area contributed by atoms with E-state index < -0.39 is 0 Å². The quantitative estimate of drug-likeness (QED) is 0.631. The van der Waals surface area contributed by atoms with E-state index in [0.29, 0.717) is 6.54 Å². The predicted molar refractivity (Wildman–Crippen MR) is 81.7 cm³/mol. The molecule has 18 heavy (non-hydrogen) atoms. The normalized spacial score (nSPS) is 10.8. The van der Waals surface area contributed by atoms with Gasteiger partial charge >= 0.3 is 0 Å². The Kier molecular flexibility index (Phi) is 5.03. The van der Waals surface area contributed by atoms with E-state index in [1.807, 2.05) is 18.2 Å². The predicted octanol–water partition coefficient (Wildman–Crippen LogP) is 4.10. The number of rotatable bonds is 5. The first-order chi connectivity index (χ1) is 8.72. The van der Waals surface area contributed by atoms with Gasteiger partial charge in [-0.15, -0.1) is 0 Å². The molecule has 2 rings (SSSR count). The summed E-state index contributed by atoms with van der Waals surface area (Å²) in [5.74, 6) is 0.789. The molecule has 1 aromatic carbocycles. The van der Waals surface area contributed by atoms with Crippen LogP contribution in [0.2, 0.25) is 5.02 Å². The molecule has 1 heterocycles. The lowest BCUT2D eigenvalue weighted by atomic mass is 10.1. The first-order valence-electron chi connectivity index (χ1n) is 5.81. The fraction of sp³-hybridized carbons (Fsp3) is 0.308. The lowest BCUT2D eigenvalue weighted by molar-refractivity contribution is 0.569. The Morgan fingerprint density at radius 1 is 1.44 bits per heavy atom. The molecule has 1 aromatic heterocycles. The highest BCUT2D eigenvalue weighted by atomic mass is 127. The third-order valence-corrected chi connectivity index (χ3v) is 4.11. The Morgan fingerprint density at radius 2 is 2.28 bits per heavy atom. The van der Waals surface area contributed by atoms with Crippen molar-refractivity contribution in [2.45, 2.75) is 19.9 Å². The van der Waals surface area contributed by atoms with Crippen molar-refractivity contribution >= 4 is 34.2 Å². The molecule has 1 N–H and O–H groups in total. The SMILES string of the molecule is CCCNCc1ncoc1-c1ccc(I)c(Cl)c1. The highest BCUT2D eigenvalue weighted by Gasteiger charge is 2.11. The zero-order valence-electron chi connectivity index (χ0n) is 10.0. The monoisotopic (exact) mass is 376 g/mol. The topological polar surface area (TPSA) is 38.1 Å². The molecule has 2 aromatic rings. The second-order valence-corrected chi connectivity index (χ2v) is 5.50. The van der Waals surface area contributed by atoms with Gasteiger partial charge < -0.3 is 9.73 Å². The number of nitrogens with zero attached hydrogens (tertiary/aromatic N) is 1. The van der Waals surface area contributed by atoms with E-state index in [2.05, 4.69) is 39.8 Å². The molecular formula is C13H14ClIN2O. The Morgan fingerprint density at radius 3 is 3.00 bits per heavy atom. The number of oxazole rings is 1. The van der Waals surface area contributed by atoms with E-state index in [9.17, 15) is 0 Å². The number of halogens is 2. The first-order valence-corrected chi connectivity index (χ1v) is 7.26. The van der Waals surface area contributed by atoms with Crippen LogP contribution in [0.15, 0.2) is 29.0 Å². The smallest absolute Gasteiger partial charge is 0.181 e. The summed E-state index contributed by atoms with van der Waals surface area (Å²) in [5, 5.41) is 4.05. The minimum Gasteiger partial charge on any atom is -0.443 e. The van der Waals surface area contributed by atoms with Crippen LogP contribution in [0.4, 0.5) is 0 Å². The van der Waals surface area contributed by atoms with Gasteiger partial charge in [-0.3, -0.25) is 0 Å². The highest BCUT2D eigenvalue weighted by Crippen LogP contribution is 2.28. The molecule has 0 bridgehead atoms. The molecule has 0 fully saturated rings. The van der Waals surface area contributed by atoms with Crippen LogP contribution in [0, 0.1) is 3.57 Å². The molecule has 0 radical (unpaired) electrons. The van der Waals surface area contributed by atoms with E-state index in [0.717, 1.165) is 38.6 Å². The van der Waals surface area contributed by atoms with Crippen molar-refractivity contribution in [1.82, 2.24) is 10.3 Å². The first kappa shape index (κ1) is 13.8. The Bertz CT molecular complexity index is 527. The third-order valence-electron chi connectivity index (χ3n) is 2.54. The lowest BCUT2D eigenvalue weighted by Gasteiger charge is -2.04. The van der Waals surface area contributed by atoms with Gasteiger partial charge in [-0.05, 0) is 47.7 Å². The number of hydrogen-bond donors (Lipinski definition) is 1. The summed E-state index contributed by atoms with van der Waals surface area (Å²) in [5.41, 5.74) is 1.88. The molecule has 0 aliphatic heterocycles. The summed E-state index contributed by atoms with van der Waals surface area (Å²) >= 11 is 8.33. The summed E-state index contributed by atoms with van der Waals surface area (Å²) in [6.07, 6.45) is 2.58. The Balaban J connectivity index is 2.22. The Hall–Kier alpha value is -0.590. The summed E-state index contributed by atoms with van der Waals surface area (Å²) < 4.78 is 6.49. The number of nitrogens with one attached hydrogen (secondary N) is 1. The maximum atomic E-state index is 6.12. The van der Waals surface area contributed by atoms with Crippen LogP contribution < -0.4 is 5.32 Å². The third kappa shape index (κ3) is 3.24.